The highest BCUT2D eigenvalue weighted by Gasteiger charge is 2.42. The van der Waals surface area contributed by atoms with Crippen molar-refractivity contribution >= 4 is 53.4 Å². The second kappa shape index (κ2) is 10.2. The molecule has 1 atom stereocenters. The Morgan fingerprint density at radius 1 is 0.500 bits per heavy atom. The monoisotopic (exact) mass is 612 g/mol. The number of aromatic nitrogens is 1. The van der Waals surface area contributed by atoms with Gasteiger partial charge in [-0.15, -0.1) is 0 Å². The summed E-state index contributed by atoms with van der Waals surface area (Å²) in [6.07, 6.45) is 0.487. The van der Waals surface area contributed by atoms with Gasteiger partial charge in [0, 0.05) is 27.5 Å². The van der Waals surface area contributed by atoms with Crippen molar-refractivity contribution in [2.24, 2.45) is 0 Å². The van der Waals surface area contributed by atoms with E-state index >= 15 is 4.79 Å². The zero-order valence-electron chi connectivity index (χ0n) is 24.5. The highest BCUT2D eigenvalue weighted by Crippen LogP contribution is 2.47. The molecule has 0 saturated carbocycles. The molecule has 46 heavy (non-hydrogen) atoms. The molecule has 2 aliphatic rings. The van der Waals surface area contributed by atoms with E-state index in [4.69, 9.17) is 0 Å². The van der Waals surface area contributed by atoms with Crippen molar-refractivity contribution in [3.8, 4) is 27.9 Å². The predicted octanol–water partition coefficient (Wildman–Crippen LogP) is 9.25. The first-order chi connectivity index (χ1) is 22.6. The van der Waals surface area contributed by atoms with Crippen molar-refractivity contribution in [3.63, 3.8) is 0 Å². The van der Waals surface area contributed by atoms with Crippen molar-refractivity contribution in [2.75, 3.05) is 4.90 Å². The number of fused-ring (bicyclic) bond motifs is 7. The van der Waals surface area contributed by atoms with Crippen LogP contribution >= 0.6 is 8.58 Å². The minimum Gasteiger partial charge on any atom is -0.307 e. The molecule has 6 heteroatoms. The Morgan fingerprint density at radius 2 is 1.11 bits per heavy atom. The lowest BCUT2D eigenvalue weighted by Crippen LogP contribution is -2.30. The summed E-state index contributed by atoms with van der Waals surface area (Å²) in [7, 11) is 0.00917. The Balaban J connectivity index is 1.35. The molecule has 2 amide bonds. The quantitative estimate of drug-likeness (QED) is 0.148. The van der Waals surface area contributed by atoms with Crippen LogP contribution < -0.4 is 4.90 Å². The molecule has 7 aromatic rings. The number of carbonyl (C=O) groups excluding carboxylic acids is 3. The molecule has 0 radical (unpaired) electrons. The largest absolute Gasteiger partial charge is 0.307 e. The van der Waals surface area contributed by atoms with Crippen LogP contribution in [-0.4, -0.2) is 21.9 Å². The lowest BCUT2D eigenvalue weighted by Gasteiger charge is -2.23. The van der Waals surface area contributed by atoms with E-state index in [9.17, 15) is 9.59 Å². The average Bonchev–Trinajstić information content (AvgIpc) is 3.57. The summed E-state index contributed by atoms with van der Waals surface area (Å²) in [5.74, 6) is -0.721. The molecule has 1 unspecified atom stereocenters. The standard InChI is InChI=1S/C40H25N2O3P/c43-38-31-22-21-26-23-46-40(45)32-19-10-18-30-29-15-7-8-20-33(29)41(37(30)32)35(26)34(31)39(44)42(38)36-27(24-11-3-1-4-12-24)16-9-17-28(36)25-13-5-2-6-14-25/h1-22,46H,23H2. The van der Waals surface area contributed by atoms with Crippen LogP contribution in [-0.2, 0) is 6.16 Å². The number of carbonyl (C=O) groups is 3. The summed E-state index contributed by atoms with van der Waals surface area (Å²) >= 11 is 0. The first-order valence-electron chi connectivity index (χ1n) is 15.2. The van der Waals surface area contributed by atoms with E-state index < -0.39 is 0 Å². The fraction of sp³-hybridized carbons (Fsp3) is 0.0250. The first kappa shape index (κ1) is 26.7. The molecule has 0 bridgehead atoms. The Kier molecular flexibility index (Phi) is 5.93. The van der Waals surface area contributed by atoms with Gasteiger partial charge in [0.05, 0.1) is 33.5 Å². The normalized spacial score (nSPS) is 14.5. The lowest BCUT2D eigenvalue weighted by atomic mass is 9.95. The van der Waals surface area contributed by atoms with Crippen LogP contribution in [0.5, 0.6) is 0 Å². The second-order valence-corrected chi connectivity index (χ2v) is 12.8. The molecule has 1 aromatic heterocycles. The topological polar surface area (TPSA) is 59.4 Å². The fourth-order valence-corrected chi connectivity index (χ4v) is 8.17. The Morgan fingerprint density at radius 3 is 1.83 bits per heavy atom. The van der Waals surface area contributed by atoms with E-state index in [-0.39, 0.29) is 25.9 Å². The molecule has 0 saturated heterocycles. The molecule has 5 nitrogen and oxygen atoms in total. The number of imide groups is 1. The fourth-order valence-electron chi connectivity index (χ4n) is 7.15. The molecule has 0 N–H and O–H groups in total. The van der Waals surface area contributed by atoms with Crippen LogP contribution in [0.1, 0.15) is 36.6 Å². The van der Waals surface area contributed by atoms with Crippen LogP contribution in [0.25, 0.3) is 49.7 Å². The number of para-hydroxylation sites is 3. The van der Waals surface area contributed by atoms with Gasteiger partial charge in [0.25, 0.3) is 11.8 Å². The highest BCUT2D eigenvalue weighted by molar-refractivity contribution is 7.58. The molecule has 3 heterocycles. The summed E-state index contributed by atoms with van der Waals surface area (Å²) in [6.45, 7) is 0. The molecular weight excluding hydrogens is 587 g/mol. The lowest BCUT2D eigenvalue weighted by molar-refractivity contribution is 0.0925. The predicted molar refractivity (Wildman–Crippen MR) is 186 cm³/mol. The zero-order chi connectivity index (χ0) is 30.9. The molecule has 0 fully saturated rings. The Bertz CT molecular complexity index is 2370. The minimum absolute atomic E-state index is 0.00917. The number of amides is 2. The average molecular weight is 613 g/mol. The van der Waals surface area contributed by atoms with E-state index in [1.54, 1.807) is 6.07 Å². The summed E-state index contributed by atoms with van der Waals surface area (Å²) in [4.78, 5) is 44.5. The van der Waals surface area contributed by atoms with Crippen molar-refractivity contribution in [2.45, 2.75) is 6.16 Å². The number of hydrogen-bond acceptors (Lipinski definition) is 3. The van der Waals surface area contributed by atoms with Crippen molar-refractivity contribution in [1.29, 1.82) is 0 Å². The third-order valence-corrected chi connectivity index (χ3v) is 10.3. The van der Waals surface area contributed by atoms with Gasteiger partial charge in [-0.25, -0.2) is 4.90 Å². The van der Waals surface area contributed by atoms with Crippen molar-refractivity contribution < 1.29 is 14.4 Å². The van der Waals surface area contributed by atoms with E-state index in [0.717, 1.165) is 49.6 Å². The van der Waals surface area contributed by atoms with Gasteiger partial charge in [-0.1, -0.05) is 115 Å². The molecule has 218 valence electrons. The second-order valence-electron chi connectivity index (χ2n) is 11.6. The summed E-state index contributed by atoms with van der Waals surface area (Å²) in [6, 6.07) is 43.2. The molecule has 2 aliphatic heterocycles. The maximum absolute atomic E-state index is 15.0. The maximum atomic E-state index is 15.0. The van der Waals surface area contributed by atoms with Gasteiger partial charge in [-0.2, -0.15) is 0 Å². The number of benzene rings is 6. The van der Waals surface area contributed by atoms with Gasteiger partial charge >= 0.3 is 0 Å². The van der Waals surface area contributed by atoms with Gasteiger partial charge < -0.3 is 4.57 Å². The van der Waals surface area contributed by atoms with Crippen molar-refractivity contribution in [3.05, 3.63) is 156 Å². The van der Waals surface area contributed by atoms with Gasteiger partial charge in [-0.3, -0.25) is 14.4 Å². The van der Waals surface area contributed by atoms with Crippen LogP contribution in [0.3, 0.4) is 0 Å². The Labute approximate surface area is 266 Å². The minimum atomic E-state index is -0.365. The third-order valence-electron chi connectivity index (χ3n) is 9.14. The smallest absolute Gasteiger partial charge is 0.268 e. The number of rotatable bonds is 3. The van der Waals surface area contributed by atoms with Gasteiger partial charge in [-0.05, 0) is 49.6 Å². The summed E-state index contributed by atoms with van der Waals surface area (Å²) in [5.41, 5.74) is 8.70. The molecule has 6 aromatic carbocycles. The van der Waals surface area contributed by atoms with Crippen LogP contribution in [0, 0.1) is 0 Å². The molecule has 0 aliphatic carbocycles. The highest BCUT2D eigenvalue weighted by atomic mass is 31.1. The molecule has 0 spiro atoms. The van der Waals surface area contributed by atoms with E-state index in [1.165, 1.54) is 4.90 Å². The van der Waals surface area contributed by atoms with E-state index in [2.05, 4.69) is 4.57 Å². The van der Waals surface area contributed by atoms with E-state index in [0.29, 0.717) is 34.2 Å². The van der Waals surface area contributed by atoms with Crippen molar-refractivity contribution in [1.82, 2.24) is 4.57 Å². The Hall–Kier alpha value is -5.64. The van der Waals surface area contributed by atoms with Gasteiger partial charge in [0.1, 0.15) is 0 Å². The zero-order valence-corrected chi connectivity index (χ0v) is 25.5. The summed E-state index contributed by atoms with van der Waals surface area (Å²) in [5, 5.41) is 1.95. The maximum Gasteiger partial charge on any atom is 0.268 e. The third kappa shape index (κ3) is 3.76. The summed E-state index contributed by atoms with van der Waals surface area (Å²) < 4.78 is 2.06. The number of anilines is 1. The first-order valence-corrected chi connectivity index (χ1v) is 16.4. The SMILES string of the molecule is O=C1PCc2ccc3c(c2-n2c4ccccc4c4cccc1c42)C(=O)N(c1c(-c2ccccc2)cccc1-c1ccccc1)C3=O. The number of hydrogen-bond donors (Lipinski definition) is 0. The van der Waals surface area contributed by atoms with E-state index in [1.807, 2.05) is 127 Å². The van der Waals surface area contributed by atoms with Gasteiger partial charge in [0.2, 0.25) is 0 Å². The van der Waals surface area contributed by atoms with Crippen LogP contribution in [0.4, 0.5) is 5.69 Å². The van der Waals surface area contributed by atoms with Gasteiger partial charge in [0.15, 0.2) is 5.52 Å². The molecular formula is C40H25N2O3P. The van der Waals surface area contributed by atoms with Crippen LogP contribution in [0.15, 0.2) is 133 Å². The molecule has 9 rings (SSSR count). The number of nitrogens with zero attached hydrogens (tertiary/aromatic N) is 2. The van der Waals surface area contributed by atoms with Crippen LogP contribution in [0.2, 0.25) is 0 Å².